The van der Waals surface area contributed by atoms with Crippen LogP contribution in [0.3, 0.4) is 0 Å². The highest BCUT2D eigenvalue weighted by Gasteiger charge is 2.08. The zero-order valence-corrected chi connectivity index (χ0v) is 9.38. The highest BCUT2D eigenvalue weighted by molar-refractivity contribution is 9.10. The summed E-state index contributed by atoms with van der Waals surface area (Å²) < 4.78 is 10.6. The first kappa shape index (κ1) is 10.4. The van der Waals surface area contributed by atoms with E-state index >= 15 is 0 Å². The predicted octanol–water partition coefficient (Wildman–Crippen LogP) is 1.70. The van der Waals surface area contributed by atoms with Crippen molar-refractivity contribution in [2.24, 2.45) is 0 Å². The second-order valence-corrected chi connectivity index (χ2v) is 3.24. The maximum absolute atomic E-state index is 5.01. The summed E-state index contributed by atoms with van der Waals surface area (Å²) in [4.78, 5) is 8.44. The van der Waals surface area contributed by atoms with Gasteiger partial charge in [-0.3, -0.25) is 0 Å². The largest absolute Gasteiger partial charge is 0.480 e. The molecule has 1 rings (SSSR count). The number of hydrogen-bond acceptors (Lipinski definition) is 4. The second-order valence-electron chi connectivity index (χ2n) is 2.49. The SMILES string of the molecule is COCc1nc(C)c(OC)nc1Br. The number of nitrogens with zero attached hydrogens (tertiary/aromatic N) is 2. The molecule has 0 fully saturated rings. The monoisotopic (exact) mass is 246 g/mol. The molecule has 0 aromatic carbocycles. The molecule has 0 saturated carbocycles. The molecule has 13 heavy (non-hydrogen) atoms. The fourth-order valence-electron chi connectivity index (χ4n) is 0.953. The van der Waals surface area contributed by atoms with E-state index in [2.05, 4.69) is 25.9 Å². The van der Waals surface area contributed by atoms with Crippen molar-refractivity contribution in [3.05, 3.63) is 16.0 Å². The number of rotatable bonds is 3. The van der Waals surface area contributed by atoms with E-state index < -0.39 is 0 Å². The molecule has 0 N–H and O–H groups in total. The molecule has 0 radical (unpaired) electrons. The molecule has 5 heteroatoms. The number of methoxy groups -OCH3 is 2. The molecule has 0 bridgehead atoms. The van der Waals surface area contributed by atoms with Gasteiger partial charge in [-0.2, -0.15) is 0 Å². The third kappa shape index (κ3) is 2.38. The Hall–Kier alpha value is -0.680. The van der Waals surface area contributed by atoms with Crippen LogP contribution in [-0.4, -0.2) is 24.2 Å². The minimum Gasteiger partial charge on any atom is -0.480 e. The van der Waals surface area contributed by atoms with E-state index in [1.165, 1.54) is 0 Å². The van der Waals surface area contributed by atoms with Crippen LogP contribution in [0.1, 0.15) is 11.4 Å². The molecule has 4 nitrogen and oxygen atoms in total. The van der Waals surface area contributed by atoms with Crippen molar-refractivity contribution >= 4 is 15.9 Å². The first-order chi connectivity index (χ1) is 6.19. The maximum Gasteiger partial charge on any atom is 0.236 e. The van der Waals surface area contributed by atoms with Crippen LogP contribution in [-0.2, 0) is 11.3 Å². The zero-order valence-electron chi connectivity index (χ0n) is 7.80. The lowest BCUT2D eigenvalue weighted by Gasteiger charge is -2.06. The number of aromatic nitrogens is 2. The molecule has 1 aromatic heterocycles. The molecule has 1 aromatic rings. The smallest absolute Gasteiger partial charge is 0.236 e. The summed E-state index contributed by atoms with van der Waals surface area (Å²) in [6.45, 7) is 2.29. The molecular formula is C8H11BrN2O2. The average Bonchev–Trinajstić information content (AvgIpc) is 2.11. The molecular weight excluding hydrogens is 236 g/mol. The number of aryl methyl sites for hydroxylation is 1. The fourth-order valence-corrected chi connectivity index (χ4v) is 1.32. The Balaban J connectivity index is 3.05. The molecule has 1 heterocycles. The van der Waals surface area contributed by atoms with E-state index in [1.807, 2.05) is 6.92 Å². The maximum atomic E-state index is 5.01. The standard InChI is InChI=1S/C8H11BrN2O2/c1-5-8(13-3)11-7(9)6(10-5)4-12-2/h4H2,1-3H3. The molecule has 72 valence electrons. The van der Waals surface area contributed by atoms with Gasteiger partial charge in [-0.15, -0.1) is 0 Å². The topological polar surface area (TPSA) is 44.2 Å². The number of hydrogen-bond donors (Lipinski definition) is 0. The molecule has 0 aliphatic heterocycles. The van der Waals surface area contributed by atoms with E-state index in [1.54, 1.807) is 14.2 Å². The average molecular weight is 247 g/mol. The van der Waals surface area contributed by atoms with Crippen LogP contribution in [0.25, 0.3) is 0 Å². The summed E-state index contributed by atoms with van der Waals surface area (Å²) >= 11 is 3.29. The van der Waals surface area contributed by atoms with Crippen LogP contribution in [0.15, 0.2) is 4.60 Å². The number of halogens is 1. The molecule has 0 saturated heterocycles. The summed E-state index contributed by atoms with van der Waals surface area (Å²) in [7, 11) is 3.19. The highest BCUT2D eigenvalue weighted by atomic mass is 79.9. The summed E-state index contributed by atoms with van der Waals surface area (Å²) in [6, 6.07) is 0. The Morgan fingerprint density at radius 1 is 1.31 bits per heavy atom. The Labute approximate surface area is 85.4 Å². The summed E-state index contributed by atoms with van der Waals surface area (Å²) in [5, 5.41) is 0. The fraction of sp³-hybridized carbons (Fsp3) is 0.500. The van der Waals surface area contributed by atoms with E-state index in [0.29, 0.717) is 17.1 Å². The van der Waals surface area contributed by atoms with Crippen LogP contribution < -0.4 is 4.74 Å². The summed E-state index contributed by atoms with van der Waals surface area (Å²) in [6.07, 6.45) is 0. The van der Waals surface area contributed by atoms with Crippen molar-refractivity contribution in [1.29, 1.82) is 0 Å². The first-order valence-electron chi connectivity index (χ1n) is 3.75. The third-order valence-corrected chi connectivity index (χ3v) is 2.16. The third-order valence-electron chi connectivity index (χ3n) is 1.52. The predicted molar refractivity (Wildman–Crippen MR) is 51.7 cm³/mol. The van der Waals surface area contributed by atoms with Gasteiger partial charge in [0.2, 0.25) is 5.88 Å². The van der Waals surface area contributed by atoms with Crippen LogP contribution in [0.2, 0.25) is 0 Å². The molecule has 0 amide bonds. The van der Waals surface area contributed by atoms with Crippen molar-refractivity contribution in [1.82, 2.24) is 9.97 Å². The number of ether oxygens (including phenoxy) is 2. The summed E-state index contributed by atoms with van der Waals surface area (Å²) in [5.74, 6) is 0.534. The minimum atomic E-state index is 0.443. The quantitative estimate of drug-likeness (QED) is 0.815. The van der Waals surface area contributed by atoms with Crippen LogP contribution in [0, 0.1) is 6.92 Å². The van der Waals surface area contributed by atoms with E-state index in [-0.39, 0.29) is 0 Å². The van der Waals surface area contributed by atoms with Crippen molar-refractivity contribution in [2.45, 2.75) is 13.5 Å². The summed E-state index contributed by atoms with van der Waals surface area (Å²) in [5.41, 5.74) is 1.54. The Morgan fingerprint density at radius 3 is 2.54 bits per heavy atom. The normalized spacial score (nSPS) is 10.2. The minimum absolute atomic E-state index is 0.443. The van der Waals surface area contributed by atoms with Gasteiger partial charge in [-0.1, -0.05) is 0 Å². The lowest BCUT2D eigenvalue weighted by Crippen LogP contribution is -2.01. The van der Waals surface area contributed by atoms with Gasteiger partial charge in [0, 0.05) is 7.11 Å². The van der Waals surface area contributed by atoms with Gasteiger partial charge in [0.15, 0.2) is 0 Å². The van der Waals surface area contributed by atoms with Crippen molar-refractivity contribution < 1.29 is 9.47 Å². The molecule has 0 aliphatic rings. The Morgan fingerprint density at radius 2 is 2.00 bits per heavy atom. The van der Waals surface area contributed by atoms with Gasteiger partial charge in [0.1, 0.15) is 4.60 Å². The van der Waals surface area contributed by atoms with E-state index in [9.17, 15) is 0 Å². The van der Waals surface area contributed by atoms with Gasteiger partial charge in [-0.05, 0) is 22.9 Å². The Kier molecular flexibility index (Phi) is 3.62. The highest BCUT2D eigenvalue weighted by Crippen LogP contribution is 2.19. The Bertz CT molecular complexity index is 304. The first-order valence-corrected chi connectivity index (χ1v) is 4.54. The van der Waals surface area contributed by atoms with Gasteiger partial charge in [0.05, 0.1) is 25.1 Å². The molecule has 0 unspecified atom stereocenters. The van der Waals surface area contributed by atoms with E-state index in [0.717, 1.165) is 11.4 Å². The van der Waals surface area contributed by atoms with Crippen LogP contribution in [0.4, 0.5) is 0 Å². The lowest BCUT2D eigenvalue weighted by atomic mass is 10.4. The zero-order chi connectivity index (χ0) is 9.84. The van der Waals surface area contributed by atoms with Gasteiger partial charge >= 0.3 is 0 Å². The van der Waals surface area contributed by atoms with Gasteiger partial charge in [-0.25, -0.2) is 9.97 Å². The van der Waals surface area contributed by atoms with Crippen molar-refractivity contribution in [3.63, 3.8) is 0 Å². The lowest BCUT2D eigenvalue weighted by molar-refractivity contribution is 0.180. The van der Waals surface area contributed by atoms with Crippen molar-refractivity contribution in [3.8, 4) is 5.88 Å². The van der Waals surface area contributed by atoms with E-state index in [4.69, 9.17) is 9.47 Å². The molecule has 0 atom stereocenters. The van der Waals surface area contributed by atoms with Crippen LogP contribution >= 0.6 is 15.9 Å². The molecule has 0 spiro atoms. The molecule has 0 aliphatic carbocycles. The van der Waals surface area contributed by atoms with Crippen molar-refractivity contribution in [2.75, 3.05) is 14.2 Å². The van der Waals surface area contributed by atoms with Crippen LogP contribution in [0.5, 0.6) is 5.88 Å². The second kappa shape index (κ2) is 4.53. The van der Waals surface area contributed by atoms with Gasteiger partial charge < -0.3 is 9.47 Å². The van der Waals surface area contributed by atoms with Gasteiger partial charge in [0.25, 0.3) is 0 Å².